The number of hydrogen-bond donors (Lipinski definition) is 1. The molecule has 88 valence electrons. The average Bonchev–Trinajstić information content (AvgIpc) is 2.63. The van der Waals surface area contributed by atoms with Gasteiger partial charge in [-0.2, -0.15) is 5.10 Å². The Kier molecular flexibility index (Phi) is 2.93. The Morgan fingerprint density at radius 1 is 1.35 bits per heavy atom. The zero-order chi connectivity index (χ0) is 12.6. The molecule has 1 N–H and O–H groups in total. The van der Waals surface area contributed by atoms with E-state index in [1.54, 1.807) is 0 Å². The number of carboxylic acids is 1. The average molecular weight is 303 g/mol. The lowest BCUT2D eigenvalue weighted by atomic mass is 10.2. The number of hydrogen-bond acceptors (Lipinski definition) is 2. The van der Waals surface area contributed by atoms with Crippen LogP contribution in [0.1, 0.15) is 10.4 Å². The minimum absolute atomic E-state index is 0.416. The summed E-state index contributed by atoms with van der Waals surface area (Å²) in [5, 5.41) is 12.4. The number of rotatable bonds is 2. The van der Waals surface area contributed by atoms with E-state index in [-0.39, 0.29) is 0 Å². The van der Waals surface area contributed by atoms with Crippen LogP contribution in [0.25, 0.3) is 5.69 Å². The van der Waals surface area contributed by atoms with Gasteiger partial charge in [-0.1, -0.05) is 0 Å². The molecule has 4 nitrogen and oxygen atoms in total. The van der Waals surface area contributed by atoms with Crippen LogP contribution in [-0.2, 0) is 0 Å². The van der Waals surface area contributed by atoms with E-state index in [0.717, 1.165) is 16.8 Å². The highest BCUT2D eigenvalue weighted by Crippen LogP contribution is 2.21. The van der Waals surface area contributed by atoms with Crippen LogP contribution in [0, 0.1) is 11.6 Å². The van der Waals surface area contributed by atoms with Crippen molar-refractivity contribution in [3.05, 3.63) is 46.2 Å². The molecule has 0 bridgehead atoms. The number of carboxylic acid groups (broad SMARTS) is 1. The maximum atomic E-state index is 13.6. The molecule has 0 unspecified atom stereocenters. The van der Waals surface area contributed by atoms with Crippen LogP contribution in [0.2, 0.25) is 0 Å². The summed E-state index contributed by atoms with van der Waals surface area (Å²) in [6, 6.07) is 1.49. The number of carbonyl (C=O) groups is 1. The fourth-order valence-corrected chi connectivity index (χ4v) is 1.62. The number of aromatic nitrogens is 2. The number of nitrogens with zero attached hydrogens (tertiary/aromatic N) is 2. The van der Waals surface area contributed by atoms with Crippen LogP contribution < -0.4 is 0 Å². The van der Waals surface area contributed by atoms with Gasteiger partial charge in [-0.3, -0.25) is 0 Å². The summed E-state index contributed by atoms with van der Waals surface area (Å²) in [6.45, 7) is 0. The Morgan fingerprint density at radius 2 is 1.94 bits per heavy atom. The highest BCUT2D eigenvalue weighted by Gasteiger charge is 2.16. The van der Waals surface area contributed by atoms with Gasteiger partial charge < -0.3 is 5.11 Å². The molecule has 1 heterocycles. The van der Waals surface area contributed by atoms with Gasteiger partial charge in [0.25, 0.3) is 0 Å². The first-order valence-electron chi connectivity index (χ1n) is 4.42. The standard InChI is InChI=1S/C10H5BrF2N2O2/c11-6-3-14-15(4-6)9-7(12)1-5(10(16)17)2-8(9)13/h1-4H,(H,16,17). The Hall–Kier alpha value is -1.76. The van der Waals surface area contributed by atoms with Crippen molar-refractivity contribution in [2.45, 2.75) is 0 Å². The van der Waals surface area contributed by atoms with Crippen molar-refractivity contribution in [3.8, 4) is 5.69 Å². The topological polar surface area (TPSA) is 55.1 Å². The summed E-state index contributed by atoms with van der Waals surface area (Å²) in [5.41, 5.74) is -0.865. The van der Waals surface area contributed by atoms with Gasteiger partial charge in [0.05, 0.1) is 16.2 Å². The molecule has 0 atom stereocenters. The molecule has 0 amide bonds. The van der Waals surface area contributed by atoms with Crippen LogP contribution in [0.3, 0.4) is 0 Å². The van der Waals surface area contributed by atoms with Crippen molar-refractivity contribution >= 4 is 21.9 Å². The number of aromatic carboxylic acids is 1. The van der Waals surface area contributed by atoms with Crippen LogP contribution in [-0.4, -0.2) is 20.9 Å². The highest BCUT2D eigenvalue weighted by molar-refractivity contribution is 9.10. The molecule has 7 heteroatoms. The number of benzene rings is 1. The molecular formula is C10H5BrF2N2O2. The Bertz CT molecular complexity index is 575. The Labute approximate surface area is 103 Å². The molecule has 0 radical (unpaired) electrons. The molecule has 0 saturated carbocycles. The second-order valence-electron chi connectivity index (χ2n) is 3.20. The summed E-state index contributed by atoms with van der Waals surface area (Å²) in [5.74, 6) is -3.37. The minimum Gasteiger partial charge on any atom is -0.478 e. The molecule has 1 aromatic heterocycles. The fraction of sp³-hybridized carbons (Fsp3) is 0. The van der Waals surface area contributed by atoms with Crippen molar-refractivity contribution in [3.63, 3.8) is 0 Å². The quantitative estimate of drug-likeness (QED) is 0.928. The molecule has 0 aliphatic rings. The largest absolute Gasteiger partial charge is 0.478 e. The molecule has 0 aliphatic heterocycles. The lowest BCUT2D eigenvalue weighted by molar-refractivity contribution is 0.0695. The molecule has 0 saturated heterocycles. The second-order valence-corrected chi connectivity index (χ2v) is 4.11. The maximum absolute atomic E-state index is 13.6. The summed E-state index contributed by atoms with van der Waals surface area (Å²) < 4.78 is 28.7. The van der Waals surface area contributed by atoms with Crippen molar-refractivity contribution in [2.24, 2.45) is 0 Å². The van der Waals surface area contributed by atoms with E-state index < -0.39 is 28.9 Å². The third-order valence-electron chi connectivity index (χ3n) is 2.04. The van der Waals surface area contributed by atoms with E-state index in [2.05, 4.69) is 21.0 Å². The summed E-state index contributed by atoms with van der Waals surface area (Å²) in [4.78, 5) is 10.6. The zero-order valence-corrected chi connectivity index (χ0v) is 9.78. The van der Waals surface area contributed by atoms with E-state index in [9.17, 15) is 13.6 Å². The summed E-state index contributed by atoms with van der Waals surface area (Å²) >= 11 is 3.09. The normalized spacial score (nSPS) is 10.5. The van der Waals surface area contributed by atoms with Gasteiger partial charge in [0.15, 0.2) is 11.6 Å². The van der Waals surface area contributed by atoms with Crippen molar-refractivity contribution in [1.29, 1.82) is 0 Å². The first-order chi connectivity index (χ1) is 7.99. The van der Waals surface area contributed by atoms with Crippen LogP contribution >= 0.6 is 15.9 Å². The second kappa shape index (κ2) is 4.25. The predicted molar refractivity (Wildman–Crippen MR) is 58.1 cm³/mol. The van der Waals surface area contributed by atoms with Gasteiger partial charge in [-0.25, -0.2) is 18.3 Å². The predicted octanol–water partition coefficient (Wildman–Crippen LogP) is 2.61. The van der Waals surface area contributed by atoms with Crippen molar-refractivity contribution in [1.82, 2.24) is 9.78 Å². The fourth-order valence-electron chi connectivity index (χ4n) is 1.33. The van der Waals surface area contributed by atoms with Crippen LogP contribution in [0.5, 0.6) is 0 Å². The van der Waals surface area contributed by atoms with Crippen molar-refractivity contribution < 1.29 is 18.7 Å². The summed E-state index contributed by atoms with van der Waals surface area (Å²) in [7, 11) is 0. The first-order valence-corrected chi connectivity index (χ1v) is 5.21. The van der Waals surface area contributed by atoms with Gasteiger partial charge in [-0.05, 0) is 28.1 Å². The minimum atomic E-state index is -1.39. The molecule has 2 aromatic rings. The molecule has 1 aromatic carbocycles. The zero-order valence-electron chi connectivity index (χ0n) is 8.19. The van der Waals surface area contributed by atoms with Gasteiger partial charge in [-0.15, -0.1) is 0 Å². The van der Waals surface area contributed by atoms with E-state index in [4.69, 9.17) is 5.11 Å². The SMILES string of the molecule is O=C(O)c1cc(F)c(-n2cc(Br)cn2)c(F)c1. The lowest BCUT2D eigenvalue weighted by Gasteiger charge is -2.05. The molecule has 0 aliphatic carbocycles. The van der Waals surface area contributed by atoms with Gasteiger partial charge in [0.1, 0.15) is 5.69 Å². The molecular weight excluding hydrogens is 298 g/mol. The van der Waals surface area contributed by atoms with Gasteiger partial charge in [0, 0.05) is 6.20 Å². The molecule has 0 fully saturated rings. The highest BCUT2D eigenvalue weighted by atomic mass is 79.9. The third-order valence-corrected chi connectivity index (χ3v) is 2.45. The van der Waals surface area contributed by atoms with Crippen LogP contribution in [0.15, 0.2) is 29.0 Å². The molecule has 17 heavy (non-hydrogen) atoms. The first kappa shape index (κ1) is 11.7. The van der Waals surface area contributed by atoms with E-state index in [1.165, 1.54) is 12.4 Å². The smallest absolute Gasteiger partial charge is 0.335 e. The van der Waals surface area contributed by atoms with Gasteiger partial charge >= 0.3 is 5.97 Å². The van der Waals surface area contributed by atoms with E-state index in [1.807, 2.05) is 0 Å². The lowest BCUT2D eigenvalue weighted by Crippen LogP contribution is -2.06. The third kappa shape index (κ3) is 2.19. The number of halogens is 3. The summed E-state index contributed by atoms with van der Waals surface area (Å²) in [6.07, 6.45) is 2.73. The maximum Gasteiger partial charge on any atom is 0.335 e. The Morgan fingerprint density at radius 3 is 2.35 bits per heavy atom. The Balaban J connectivity index is 2.60. The molecule has 2 rings (SSSR count). The molecule has 0 spiro atoms. The van der Waals surface area contributed by atoms with E-state index >= 15 is 0 Å². The van der Waals surface area contributed by atoms with Gasteiger partial charge in [0.2, 0.25) is 0 Å². The van der Waals surface area contributed by atoms with E-state index in [0.29, 0.717) is 4.47 Å². The van der Waals surface area contributed by atoms with Crippen LogP contribution in [0.4, 0.5) is 8.78 Å². The van der Waals surface area contributed by atoms with Crippen molar-refractivity contribution in [2.75, 3.05) is 0 Å². The monoisotopic (exact) mass is 302 g/mol.